The summed E-state index contributed by atoms with van der Waals surface area (Å²) in [6.45, 7) is 5.00. The van der Waals surface area contributed by atoms with Gasteiger partial charge in [0.15, 0.2) is 0 Å². The molecule has 0 aliphatic rings. The van der Waals surface area contributed by atoms with Gasteiger partial charge in [-0.15, -0.1) is 0 Å². The van der Waals surface area contributed by atoms with Crippen LogP contribution in [0.5, 0.6) is 0 Å². The van der Waals surface area contributed by atoms with Crippen LogP contribution >= 0.6 is 19.4 Å². The van der Waals surface area contributed by atoms with E-state index in [-0.39, 0.29) is 18.8 Å². The molecule has 0 aliphatic heterocycles. The van der Waals surface area contributed by atoms with Crippen LogP contribution in [0.4, 0.5) is 8.78 Å². The van der Waals surface area contributed by atoms with Gasteiger partial charge in [0.25, 0.3) is 0 Å². The maximum atomic E-state index is 14.8. The minimum Gasteiger partial charge on any atom is -0.382 e. The van der Waals surface area contributed by atoms with E-state index in [4.69, 9.17) is 25.2 Å². The lowest BCUT2D eigenvalue weighted by molar-refractivity contribution is -0.214. The highest BCUT2D eigenvalue weighted by molar-refractivity contribution is 7.48. The Kier molecular flexibility index (Phi) is 7.35. The SMILES string of the molecule is CCOP(=O)(OCC)OC(C)(C)C(F)(F)C(O)c1ccc(Cl)cc1. The summed E-state index contributed by atoms with van der Waals surface area (Å²) in [7, 11) is -4.19. The second kappa shape index (κ2) is 8.21. The molecular weight excluding hydrogens is 365 g/mol. The molecule has 0 saturated heterocycles. The molecule has 24 heavy (non-hydrogen) atoms. The van der Waals surface area contributed by atoms with Crippen molar-refractivity contribution in [3.8, 4) is 0 Å². The van der Waals surface area contributed by atoms with Gasteiger partial charge < -0.3 is 5.11 Å². The van der Waals surface area contributed by atoms with Crippen LogP contribution in [-0.4, -0.2) is 29.8 Å². The molecule has 0 amide bonds. The molecule has 0 bridgehead atoms. The second-order valence-electron chi connectivity index (χ2n) is 5.46. The minimum atomic E-state index is -4.19. The van der Waals surface area contributed by atoms with Gasteiger partial charge in [-0.05, 0) is 45.4 Å². The largest absolute Gasteiger partial charge is 0.475 e. The van der Waals surface area contributed by atoms with Crippen molar-refractivity contribution in [2.45, 2.75) is 45.3 Å². The summed E-state index contributed by atoms with van der Waals surface area (Å²) in [6, 6.07) is 5.33. The highest BCUT2D eigenvalue weighted by atomic mass is 35.5. The fourth-order valence-electron chi connectivity index (χ4n) is 1.93. The normalized spacial score (nSPS) is 14.7. The predicted molar refractivity (Wildman–Crippen MR) is 87.4 cm³/mol. The molecule has 1 unspecified atom stereocenters. The van der Waals surface area contributed by atoms with Crippen LogP contribution in [0.1, 0.15) is 39.4 Å². The highest BCUT2D eigenvalue weighted by Crippen LogP contribution is 2.56. The highest BCUT2D eigenvalue weighted by Gasteiger charge is 2.57. The van der Waals surface area contributed by atoms with Gasteiger partial charge >= 0.3 is 13.7 Å². The summed E-state index contributed by atoms with van der Waals surface area (Å²) in [5.74, 6) is -3.79. The van der Waals surface area contributed by atoms with Crippen molar-refractivity contribution in [3.63, 3.8) is 0 Å². The van der Waals surface area contributed by atoms with E-state index in [1.54, 1.807) is 0 Å². The third-order valence-electron chi connectivity index (χ3n) is 3.25. The maximum Gasteiger partial charge on any atom is 0.475 e. The summed E-state index contributed by atoms with van der Waals surface area (Å²) in [4.78, 5) is 0. The van der Waals surface area contributed by atoms with Gasteiger partial charge in [0.05, 0.1) is 13.2 Å². The van der Waals surface area contributed by atoms with Crippen LogP contribution < -0.4 is 0 Å². The lowest BCUT2D eigenvalue weighted by Crippen LogP contribution is -2.49. The third kappa shape index (κ3) is 4.97. The molecule has 0 fully saturated rings. The van der Waals surface area contributed by atoms with Gasteiger partial charge in [-0.3, -0.25) is 13.6 Å². The van der Waals surface area contributed by atoms with Gasteiger partial charge in [0, 0.05) is 5.02 Å². The Morgan fingerprint density at radius 3 is 2.04 bits per heavy atom. The van der Waals surface area contributed by atoms with Crippen molar-refractivity contribution in [1.82, 2.24) is 0 Å². The van der Waals surface area contributed by atoms with Gasteiger partial charge in [0.1, 0.15) is 11.7 Å². The molecule has 1 aromatic rings. The number of benzene rings is 1. The van der Waals surface area contributed by atoms with Crippen molar-refractivity contribution < 1.29 is 32.0 Å². The molecule has 0 radical (unpaired) electrons. The van der Waals surface area contributed by atoms with Crippen molar-refractivity contribution in [1.29, 1.82) is 0 Å². The van der Waals surface area contributed by atoms with E-state index in [0.717, 1.165) is 13.8 Å². The number of alkyl halides is 2. The molecule has 9 heteroatoms. The molecule has 1 atom stereocenters. The first-order valence-electron chi connectivity index (χ1n) is 7.40. The van der Waals surface area contributed by atoms with E-state index in [0.29, 0.717) is 5.02 Å². The molecular formula is C15H22ClF2O5P. The second-order valence-corrected chi connectivity index (χ2v) is 7.49. The summed E-state index contributed by atoms with van der Waals surface area (Å²) < 4.78 is 56.7. The van der Waals surface area contributed by atoms with Crippen molar-refractivity contribution in [2.75, 3.05) is 13.2 Å². The number of hydrogen-bond donors (Lipinski definition) is 1. The van der Waals surface area contributed by atoms with E-state index in [1.165, 1.54) is 38.1 Å². The number of rotatable bonds is 9. The van der Waals surface area contributed by atoms with Gasteiger partial charge in [-0.1, -0.05) is 23.7 Å². The Morgan fingerprint density at radius 2 is 1.62 bits per heavy atom. The first-order chi connectivity index (χ1) is 11.0. The predicted octanol–water partition coefficient (Wildman–Crippen LogP) is 4.99. The van der Waals surface area contributed by atoms with Gasteiger partial charge in [0.2, 0.25) is 0 Å². The quantitative estimate of drug-likeness (QED) is 0.606. The van der Waals surface area contributed by atoms with Crippen molar-refractivity contribution in [2.24, 2.45) is 0 Å². The zero-order valence-corrected chi connectivity index (χ0v) is 15.6. The number of phosphoric acid groups is 1. The number of aliphatic hydroxyl groups is 1. The molecule has 0 aromatic heterocycles. The van der Waals surface area contributed by atoms with E-state index < -0.39 is 25.5 Å². The van der Waals surface area contributed by atoms with Crippen LogP contribution in [0.25, 0.3) is 0 Å². The fraction of sp³-hybridized carbons (Fsp3) is 0.600. The minimum absolute atomic E-state index is 0.0430. The molecule has 1 aromatic carbocycles. The Balaban J connectivity index is 3.08. The number of hydrogen-bond acceptors (Lipinski definition) is 5. The molecule has 1 N–H and O–H groups in total. The molecule has 138 valence electrons. The van der Waals surface area contributed by atoms with Gasteiger partial charge in [-0.2, -0.15) is 0 Å². The van der Waals surface area contributed by atoms with E-state index in [1.807, 2.05) is 0 Å². The Labute approximate surface area is 145 Å². The van der Waals surface area contributed by atoms with Crippen molar-refractivity contribution in [3.05, 3.63) is 34.9 Å². The van der Waals surface area contributed by atoms with Crippen LogP contribution in [0, 0.1) is 0 Å². The van der Waals surface area contributed by atoms with E-state index in [2.05, 4.69) is 0 Å². The monoisotopic (exact) mass is 386 g/mol. The molecule has 1 rings (SSSR count). The number of aliphatic hydroxyl groups excluding tert-OH is 1. The summed E-state index contributed by atoms with van der Waals surface area (Å²) in [6.07, 6.45) is -2.19. The smallest absolute Gasteiger partial charge is 0.382 e. The van der Waals surface area contributed by atoms with Crippen LogP contribution in [0.3, 0.4) is 0 Å². The maximum absolute atomic E-state index is 14.8. The van der Waals surface area contributed by atoms with Crippen molar-refractivity contribution >= 4 is 19.4 Å². The molecule has 0 spiro atoms. The first-order valence-corrected chi connectivity index (χ1v) is 9.24. The van der Waals surface area contributed by atoms with E-state index >= 15 is 0 Å². The van der Waals surface area contributed by atoms with Crippen LogP contribution in [-0.2, 0) is 18.1 Å². The van der Waals surface area contributed by atoms with Crippen LogP contribution in [0.15, 0.2) is 24.3 Å². The lowest BCUT2D eigenvalue weighted by Gasteiger charge is -2.38. The molecule has 5 nitrogen and oxygen atoms in total. The molecule has 0 heterocycles. The van der Waals surface area contributed by atoms with E-state index in [9.17, 15) is 18.5 Å². The van der Waals surface area contributed by atoms with Gasteiger partial charge in [-0.25, -0.2) is 13.3 Å². The Morgan fingerprint density at radius 1 is 1.17 bits per heavy atom. The third-order valence-corrected chi connectivity index (χ3v) is 5.33. The standard InChI is InChI=1S/C15H22ClF2O5P/c1-5-21-24(20,22-6-2)23-14(3,4)15(17,18)13(19)11-7-9-12(16)10-8-11/h7-10,13,19H,5-6H2,1-4H3. The molecule has 0 saturated carbocycles. The zero-order chi connectivity index (χ0) is 18.6. The topological polar surface area (TPSA) is 65.0 Å². The number of halogens is 3. The number of phosphoric ester groups is 1. The lowest BCUT2D eigenvalue weighted by atomic mass is 9.91. The van der Waals surface area contributed by atoms with Crippen LogP contribution in [0.2, 0.25) is 5.02 Å². The summed E-state index contributed by atoms with van der Waals surface area (Å²) >= 11 is 5.71. The fourth-order valence-corrected chi connectivity index (χ4v) is 3.55. The Bertz CT molecular complexity index is 570. The average molecular weight is 387 g/mol. The molecule has 0 aliphatic carbocycles. The zero-order valence-electron chi connectivity index (χ0n) is 14.0. The average Bonchev–Trinajstić information content (AvgIpc) is 2.46. The Hall–Kier alpha value is -0.560. The summed E-state index contributed by atoms with van der Waals surface area (Å²) in [5, 5.41) is 10.4. The first kappa shape index (κ1) is 21.5. The summed E-state index contributed by atoms with van der Waals surface area (Å²) in [5.41, 5.74) is -2.38.